The van der Waals surface area contributed by atoms with Crippen LogP contribution in [0.1, 0.15) is 5.56 Å². The lowest BCUT2D eigenvalue weighted by Crippen LogP contribution is -2.35. The molecule has 10 nitrogen and oxygen atoms in total. The van der Waals surface area contributed by atoms with Crippen molar-refractivity contribution in [1.82, 2.24) is 25.1 Å². The number of benzene rings is 1. The number of aromatic nitrogens is 4. The third kappa shape index (κ3) is 4.09. The van der Waals surface area contributed by atoms with Crippen molar-refractivity contribution in [2.75, 3.05) is 31.6 Å². The van der Waals surface area contributed by atoms with Crippen LogP contribution in [0.2, 0.25) is 0 Å². The van der Waals surface area contributed by atoms with Gasteiger partial charge < -0.3 is 15.0 Å². The number of anilines is 1. The second kappa shape index (κ2) is 8.81. The number of hydrogen-bond acceptors (Lipinski definition) is 7. The molecule has 2 aliphatic heterocycles. The van der Waals surface area contributed by atoms with Crippen LogP contribution < -0.4 is 5.32 Å². The summed E-state index contributed by atoms with van der Waals surface area (Å²) in [5.74, 6) is 0.242. The molecule has 172 valence electrons. The predicted molar refractivity (Wildman–Crippen MR) is 130 cm³/mol. The molecule has 6 rings (SSSR count). The molecule has 4 heterocycles. The minimum absolute atomic E-state index is 0.0466. The summed E-state index contributed by atoms with van der Waals surface area (Å²) in [6.07, 6.45) is 10.9. The number of rotatable bonds is 5. The Hall–Kier alpha value is -3.89. The maximum absolute atomic E-state index is 12.9. The zero-order valence-electron chi connectivity index (χ0n) is 18.4. The van der Waals surface area contributed by atoms with E-state index in [9.17, 15) is 4.79 Å². The van der Waals surface area contributed by atoms with Crippen molar-refractivity contribution in [2.24, 2.45) is 9.98 Å². The van der Waals surface area contributed by atoms with Crippen molar-refractivity contribution in [1.29, 1.82) is 0 Å². The molecule has 0 spiro atoms. The minimum Gasteiger partial charge on any atom is -0.379 e. The number of carbonyl (C=O) groups excluding carboxylic acids is 1. The number of H-pyrrole nitrogens is 2. The molecule has 10 heteroatoms. The molecule has 1 aromatic carbocycles. The first-order valence-corrected chi connectivity index (χ1v) is 11.3. The molecule has 2 unspecified atom stereocenters. The molecule has 3 aromatic rings. The Labute approximate surface area is 195 Å². The largest absolute Gasteiger partial charge is 0.379 e. The van der Waals surface area contributed by atoms with Crippen molar-refractivity contribution in [2.45, 2.75) is 18.6 Å². The number of carbonyl (C=O) groups is 1. The standard InChI is InChI=1S/C24H24N8O2/c33-24(21-12-25-16-3-1-2-4-17(16)27-21)30-20-13-26-31-22(20)23-28-18-6-5-15(11-19(18)29-23)14-32-7-9-34-10-8-32/h1-6,11-13,16-17H,7-10,14H2,(H,26,31)(H,28,29)(H,30,33). The van der Waals surface area contributed by atoms with Gasteiger partial charge in [0.1, 0.15) is 5.71 Å². The van der Waals surface area contributed by atoms with Gasteiger partial charge in [-0.3, -0.25) is 24.8 Å². The molecule has 2 aromatic heterocycles. The predicted octanol–water partition coefficient (Wildman–Crippen LogP) is 2.11. The number of aromatic amines is 2. The van der Waals surface area contributed by atoms with Gasteiger partial charge in [-0.15, -0.1) is 0 Å². The van der Waals surface area contributed by atoms with E-state index in [2.05, 4.69) is 47.5 Å². The number of nitrogens with one attached hydrogen (secondary N) is 3. The molecule has 0 bridgehead atoms. The number of aliphatic imine (C=N–C) groups is 2. The van der Waals surface area contributed by atoms with E-state index in [1.807, 2.05) is 30.4 Å². The van der Waals surface area contributed by atoms with Crippen LogP contribution in [0.3, 0.4) is 0 Å². The van der Waals surface area contributed by atoms with Crippen molar-refractivity contribution >= 4 is 34.6 Å². The fraction of sp³-hybridized carbons (Fsp3) is 0.292. The Morgan fingerprint density at radius 2 is 2.03 bits per heavy atom. The zero-order valence-corrected chi connectivity index (χ0v) is 18.4. The number of morpholine rings is 1. The van der Waals surface area contributed by atoms with Gasteiger partial charge in [0.15, 0.2) is 11.5 Å². The lowest BCUT2D eigenvalue weighted by molar-refractivity contribution is -0.110. The lowest BCUT2D eigenvalue weighted by atomic mass is 10.0. The fourth-order valence-electron chi connectivity index (χ4n) is 4.34. The van der Waals surface area contributed by atoms with E-state index in [4.69, 9.17) is 9.72 Å². The number of allylic oxidation sites excluding steroid dienone is 2. The summed E-state index contributed by atoms with van der Waals surface area (Å²) in [5, 5.41) is 10.0. The Balaban J connectivity index is 1.20. The summed E-state index contributed by atoms with van der Waals surface area (Å²) in [7, 11) is 0. The average Bonchev–Trinajstić information content (AvgIpc) is 3.50. The minimum atomic E-state index is -0.336. The summed E-state index contributed by atoms with van der Waals surface area (Å²) >= 11 is 0. The lowest BCUT2D eigenvalue weighted by Gasteiger charge is -2.26. The van der Waals surface area contributed by atoms with Gasteiger partial charge in [0.05, 0.1) is 48.2 Å². The average molecular weight is 457 g/mol. The van der Waals surface area contributed by atoms with Crippen molar-refractivity contribution in [3.8, 4) is 11.5 Å². The summed E-state index contributed by atoms with van der Waals surface area (Å²) in [6.45, 7) is 4.28. The Morgan fingerprint density at radius 3 is 2.91 bits per heavy atom. The second-order valence-corrected chi connectivity index (χ2v) is 8.47. The maximum Gasteiger partial charge on any atom is 0.275 e. The third-order valence-electron chi connectivity index (χ3n) is 6.14. The van der Waals surface area contributed by atoms with Crippen LogP contribution in [0, 0.1) is 0 Å². The zero-order chi connectivity index (χ0) is 22.9. The number of fused-ring (bicyclic) bond motifs is 2. The normalized spacial score (nSPS) is 22.1. The van der Waals surface area contributed by atoms with E-state index < -0.39 is 0 Å². The summed E-state index contributed by atoms with van der Waals surface area (Å²) < 4.78 is 5.43. The highest BCUT2D eigenvalue weighted by Gasteiger charge is 2.24. The van der Waals surface area contributed by atoms with Gasteiger partial charge in [-0.2, -0.15) is 5.10 Å². The number of ether oxygens (including phenoxy) is 1. The van der Waals surface area contributed by atoms with Crippen LogP contribution in [-0.4, -0.2) is 81.3 Å². The summed E-state index contributed by atoms with van der Waals surface area (Å²) in [5.41, 5.74) is 4.30. The molecular weight excluding hydrogens is 432 g/mol. The molecular formula is C24H24N8O2. The van der Waals surface area contributed by atoms with E-state index in [1.54, 1.807) is 6.20 Å². The van der Waals surface area contributed by atoms with E-state index in [1.165, 1.54) is 11.8 Å². The van der Waals surface area contributed by atoms with Gasteiger partial charge >= 0.3 is 0 Å². The van der Waals surface area contributed by atoms with Gasteiger partial charge in [-0.25, -0.2) is 4.98 Å². The van der Waals surface area contributed by atoms with E-state index in [-0.39, 0.29) is 23.7 Å². The first-order valence-electron chi connectivity index (χ1n) is 11.3. The Morgan fingerprint density at radius 1 is 1.18 bits per heavy atom. The molecule has 1 aliphatic carbocycles. The molecule has 3 N–H and O–H groups in total. The van der Waals surface area contributed by atoms with Crippen molar-refractivity contribution in [3.05, 3.63) is 54.3 Å². The van der Waals surface area contributed by atoms with Crippen LogP contribution in [0.15, 0.2) is 58.7 Å². The number of hydrogen-bond donors (Lipinski definition) is 3. The van der Waals surface area contributed by atoms with Gasteiger partial charge in [-0.1, -0.05) is 30.4 Å². The van der Waals surface area contributed by atoms with Crippen molar-refractivity contribution < 1.29 is 9.53 Å². The SMILES string of the molecule is O=C(Nc1c[nH]nc1-c1nc2cc(CN3CCOCC3)ccc2[nH]1)C1=NC2C=CC=CC2N=C1. The first-order chi connectivity index (χ1) is 16.7. The van der Waals surface area contributed by atoms with E-state index >= 15 is 0 Å². The third-order valence-corrected chi connectivity index (χ3v) is 6.14. The Bertz CT molecular complexity index is 1340. The quantitative estimate of drug-likeness (QED) is 0.543. The van der Waals surface area contributed by atoms with Crippen LogP contribution >= 0.6 is 0 Å². The molecule has 0 radical (unpaired) electrons. The van der Waals surface area contributed by atoms with Crippen LogP contribution in [-0.2, 0) is 16.1 Å². The molecule has 1 amide bonds. The van der Waals surface area contributed by atoms with Gasteiger partial charge in [0.2, 0.25) is 0 Å². The molecule has 34 heavy (non-hydrogen) atoms. The first kappa shape index (κ1) is 20.7. The fourth-order valence-corrected chi connectivity index (χ4v) is 4.34. The van der Waals surface area contributed by atoms with Crippen LogP contribution in [0.5, 0.6) is 0 Å². The summed E-state index contributed by atoms with van der Waals surface area (Å²) in [4.78, 5) is 32.3. The van der Waals surface area contributed by atoms with E-state index in [0.29, 0.717) is 17.2 Å². The van der Waals surface area contributed by atoms with Gasteiger partial charge in [-0.05, 0) is 17.7 Å². The van der Waals surface area contributed by atoms with Crippen LogP contribution in [0.4, 0.5) is 5.69 Å². The molecule has 1 fully saturated rings. The summed E-state index contributed by atoms with van der Waals surface area (Å²) in [6, 6.07) is 6.03. The highest BCUT2D eigenvalue weighted by Crippen LogP contribution is 2.26. The highest BCUT2D eigenvalue weighted by atomic mass is 16.5. The topological polar surface area (TPSA) is 124 Å². The number of imidazole rings is 1. The number of amides is 1. The molecule has 2 atom stereocenters. The monoisotopic (exact) mass is 456 g/mol. The molecule has 0 saturated carbocycles. The van der Waals surface area contributed by atoms with Crippen molar-refractivity contribution in [3.63, 3.8) is 0 Å². The molecule has 3 aliphatic rings. The maximum atomic E-state index is 12.9. The molecule has 1 saturated heterocycles. The Kier molecular flexibility index (Phi) is 5.36. The van der Waals surface area contributed by atoms with Gasteiger partial charge in [0, 0.05) is 25.8 Å². The van der Waals surface area contributed by atoms with Crippen LogP contribution in [0.25, 0.3) is 22.6 Å². The number of nitrogens with zero attached hydrogens (tertiary/aromatic N) is 5. The van der Waals surface area contributed by atoms with Gasteiger partial charge in [0.25, 0.3) is 5.91 Å². The highest BCUT2D eigenvalue weighted by molar-refractivity contribution is 6.63. The second-order valence-electron chi connectivity index (χ2n) is 8.47. The van der Waals surface area contributed by atoms with E-state index in [0.717, 1.165) is 43.9 Å². The smallest absolute Gasteiger partial charge is 0.275 e.